The first-order valence-electron chi connectivity index (χ1n) is 17.5. The van der Waals surface area contributed by atoms with Gasteiger partial charge in [-0.15, -0.1) is 0 Å². The van der Waals surface area contributed by atoms with Crippen LogP contribution in [0.4, 0.5) is 0 Å². The van der Waals surface area contributed by atoms with Gasteiger partial charge in [0.15, 0.2) is 0 Å². The van der Waals surface area contributed by atoms with Gasteiger partial charge in [0.25, 0.3) is 0 Å². The maximum absolute atomic E-state index is 6.44. The summed E-state index contributed by atoms with van der Waals surface area (Å²) in [6.45, 7) is 0. The number of hydrogen-bond donors (Lipinski definition) is 0. The second-order valence-electron chi connectivity index (χ2n) is 13.2. The summed E-state index contributed by atoms with van der Waals surface area (Å²) < 4.78 is 6.44. The zero-order valence-electron chi connectivity index (χ0n) is 27.9. The van der Waals surface area contributed by atoms with E-state index in [1.54, 1.807) is 0 Å². The fraction of sp³-hybridized carbons (Fsp3) is 0. The van der Waals surface area contributed by atoms with Crippen LogP contribution in [0.1, 0.15) is 0 Å². The van der Waals surface area contributed by atoms with E-state index in [4.69, 9.17) is 4.42 Å². The van der Waals surface area contributed by atoms with Gasteiger partial charge >= 0.3 is 0 Å². The SMILES string of the molecule is c1ccc(-c2ccc3c(-c4ccccc4)c4cc(-c5cccc(-c6cccc7c6oc6ccccc67)c5)ccc4c(-c4ccccc4)c3c2)cc1. The lowest BCUT2D eigenvalue weighted by Gasteiger charge is -2.20. The average Bonchev–Trinajstić information content (AvgIpc) is 3.59. The van der Waals surface area contributed by atoms with E-state index in [0.717, 1.165) is 33.1 Å². The van der Waals surface area contributed by atoms with Crippen molar-refractivity contribution in [2.75, 3.05) is 0 Å². The molecule has 0 spiro atoms. The van der Waals surface area contributed by atoms with Crippen LogP contribution < -0.4 is 0 Å². The number of fused-ring (bicyclic) bond motifs is 5. The highest BCUT2D eigenvalue weighted by atomic mass is 16.3. The van der Waals surface area contributed by atoms with Crippen LogP contribution in [0.15, 0.2) is 199 Å². The highest BCUT2D eigenvalue weighted by Crippen LogP contribution is 2.46. The normalized spacial score (nSPS) is 11.5. The minimum atomic E-state index is 0.913. The molecule has 0 unspecified atom stereocenters. The first kappa shape index (κ1) is 29.2. The van der Waals surface area contributed by atoms with Crippen molar-refractivity contribution < 1.29 is 4.42 Å². The molecule has 0 fully saturated rings. The summed E-state index contributed by atoms with van der Waals surface area (Å²) in [7, 11) is 0. The Labute approximate surface area is 296 Å². The Morgan fingerprint density at radius 1 is 0.255 bits per heavy atom. The van der Waals surface area contributed by atoms with Gasteiger partial charge in [-0.2, -0.15) is 0 Å². The second kappa shape index (κ2) is 12.0. The molecule has 0 aliphatic rings. The van der Waals surface area contributed by atoms with Gasteiger partial charge in [0.2, 0.25) is 0 Å². The lowest BCUT2D eigenvalue weighted by atomic mass is 9.84. The monoisotopic (exact) mass is 648 g/mol. The van der Waals surface area contributed by atoms with Crippen LogP contribution in [0.2, 0.25) is 0 Å². The summed E-state index contributed by atoms with van der Waals surface area (Å²) >= 11 is 0. The van der Waals surface area contributed by atoms with Crippen LogP contribution in [0.5, 0.6) is 0 Å². The summed E-state index contributed by atoms with van der Waals surface area (Å²) in [5.41, 5.74) is 13.8. The van der Waals surface area contributed by atoms with Crippen molar-refractivity contribution in [1.82, 2.24) is 0 Å². The predicted octanol–water partition coefficient (Wildman–Crippen LogP) is 14.2. The molecule has 0 bridgehead atoms. The Morgan fingerprint density at radius 3 is 1.37 bits per heavy atom. The van der Waals surface area contributed by atoms with Gasteiger partial charge in [0.05, 0.1) is 0 Å². The molecule has 10 aromatic rings. The standard InChI is InChI=1S/C50H32O/c1-4-14-33(15-5-1)37-26-28-42-45(31-37)48(34-16-6-2-7-17-34)43-29-27-38(32-46(43)49(42)35-18-8-3-9-19-35)36-20-12-21-39(30-36)40-23-13-24-44-41-22-10-11-25-47(41)51-50(40)44/h1-32H. The lowest BCUT2D eigenvalue weighted by molar-refractivity contribution is 0.670. The Bertz CT molecular complexity index is 2880. The fourth-order valence-corrected chi connectivity index (χ4v) is 7.89. The topological polar surface area (TPSA) is 13.1 Å². The number of hydrogen-bond acceptors (Lipinski definition) is 1. The molecule has 10 rings (SSSR count). The molecule has 1 heterocycles. The molecule has 0 radical (unpaired) electrons. The molecule has 1 aromatic heterocycles. The van der Waals surface area contributed by atoms with Crippen molar-refractivity contribution in [3.8, 4) is 55.6 Å². The van der Waals surface area contributed by atoms with E-state index in [-0.39, 0.29) is 0 Å². The van der Waals surface area contributed by atoms with E-state index < -0.39 is 0 Å². The summed E-state index contributed by atoms with van der Waals surface area (Å²) in [5.74, 6) is 0. The van der Waals surface area contributed by atoms with Crippen molar-refractivity contribution in [3.63, 3.8) is 0 Å². The van der Waals surface area contributed by atoms with Crippen molar-refractivity contribution in [2.24, 2.45) is 0 Å². The highest BCUT2D eigenvalue weighted by Gasteiger charge is 2.19. The van der Waals surface area contributed by atoms with E-state index >= 15 is 0 Å². The number of rotatable bonds is 5. The Balaban J connectivity index is 1.23. The fourth-order valence-electron chi connectivity index (χ4n) is 7.89. The maximum atomic E-state index is 6.44. The van der Waals surface area contributed by atoms with E-state index in [9.17, 15) is 0 Å². The maximum Gasteiger partial charge on any atom is 0.143 e. The van der Waals surface area contributed by atoms with Crippen molar-refractivity contribution in [2.45, 2.75) is 0 Å². The second-order valence-corrected chi connectivity index (χ2v) is 13.2. The third kappa shape index (κ3) is 4.94. The highest BCUT2D eigenvalue weighted by molar-refractivity contribution is 6.22. The molecular weight excluding hydrogens is 617 g/mol. The Morgan fingerprint density at radius 2 is 0.725 bits per heavy atom. The molecule has 51 heavy (non-hydrogen) atoms. The molecule has 238 valence electrons. The number of furan rings is 1. The molecule has 0 aliphatic carbocycles. The largest absolute Gasteiger partial charge is 0.455 e. The Hall–Kier alpha value is -6.70. The minimum absolute atomic E-state index is 0.913. The quantitative estimate of drug-likeness (QED) is 0.169. The van der Waals surface area contributed by atoms with Gasteiger partial charge < -0.3 is 4.42 Å². The molecule has 0 atom stereocenters. The van der Waals surface area contributed by atoms with Crippen LogP contribution >= 0.6 is 0 Å². The van der Waals surface area contributed by atoms with Gasteiger partial charge in [0.1, 0.15) is 11.2 Å². The molecular formula is C50H32O. The summed E-state index contributed by atoms with van der Waals surface area (Å²) in [6, 6.07) is 70.0. The minimum Gasteiger partial charge on any atom is -0.455 e. The van der Waals surface area contributed by atoms with Crippen LogP contribution in [0, 0.1) is 0 Å². The molecule has 9 aromatic carbocycles. The zero-order valence-corrected chi connectivity index (χ0v) is 27.9. The predicted molar refractivity (Wildman–Crippen MR) is 216 cm³/mol. The van der Waals surface area contributed by atoms with Gasteiger partial charge in [-0.05, 0) is 95.9 Å². The molecule has 0 aliphatic heterocycles. The number of para-hydroxylation sites is 2. The van der Waals surface area contributed by atoms with Gasteiger partial charge in [-0.25, -0.2) is 0 Å². The van der Waals surface area contributed by atoms with Crippen LogP contribution in [-0.4, -0.2) is 0 Å². The molecule has 1 nitrogen and oxygen atoms in total. The van der Waals surface area contributed by atoms with Crippen molar-refractivity contribution in [1.29, 1.82) is 0 Å². The first-order valence-corrected chi connectivity index (χ1v) is 17.5. The van der Waals surface area contributed by atoms with E-state index in [1.165, 1.54) is 66.1 Å². The summed E-state index contributed by atoms with van der Waals surface area (Å²) in [5, 5.41) is 7.26. The molecule has 0 N–H and O–H groups in total. The van der Waals surface area contributed by atoms with Crippen molar-refractivity contribution in [3.05, 3.63) is 194 Å². The van der Waals surface area contributed by atoms with Crippen LogP contribution in [0.25, 0.3) is 99.1 Å². The van der Waals surface area contributed by atoms with Crippen LogP contribution in [0.3, 0.4) is 0 Å². The van der Waals surface area contributed by atoms with Gasteiger partial charge in [0, 0.05) is 16.3 Å². The number of benzene rings is 9. The lowest BCUT2D eigenvalue weighted by Crippen LogP contribution is -1.92. The van der Waals surface area contributed by atoms with E-state index in [0.29, 0.717) is 0 Å². The molecule has 0 amide bonds. The molecule has 0 saturated heterocycles. The van der Waals surface area contributed by atoms with Gasteiger partial charge in [-0.3, -0.25) is 0 Å². The van der Waals surface area contributed by atoms with E-state index in [2.05, 4.69) is 182 Å². The summed E-state index contributed by atoms with van der Waals surface area (Å²) in [4.78, 5) is 0. The summed E-state index contributed by atoms with van der Waals surface area (Å²) in [6.07, 6.45) is 0. The van der Waals surface area contributed by atoms with Crippen molar-refractivity contribution >= 4 is 43.5 Å². The smallest absolute Gasteiger partial charge is 0.143 e. The van der Waals surface area contributed by atoms with Crippen LogP contribution in [-0.2, 0) is 0 Å². The molecule has 0 saturated carbocycles. The zero-order chi connectivity index (χ0) is 33.7. The van der Waals surface area contributed by atoms with E-state index in [1.807, 2.05) is 12.1 Å². The Kier molecular flexibility index (Phi) is 6.89. The van der Waals surface area contributed by atoms with Gasteiger partial charge in [-0.1, -0.05) is 170 Å². The third-order valence-corrected chi connectivity index (χ3v) is 10.3. The first-order chi connectivity index (χ1) is 25.3. The third-order valence-electron chi connectivity index (χ3n) is 10.3. The average molecular weight is 649 g/mol. The molecule has 1 heteroatoms.